The van der Waals surface area contributed by atoms with Gasteiger partial charge in [-0.1, -0.05) is 26.0 Å². The van der Waals surface area contributed by atoms with E-state index in [1.54, 1.807) is 25.3 Å². The van der Waals surface area contributed by atoms with Crippen LogP contribution in [0.5, 0.6) is 11.5 Å². The zero-order valence-electron chi connectivity index (χ0n) is 18.7. The van der Waals surface area contributed by atoms with Gasteiger partial charge in [0.05, 0.1) is 11.6 Å². The molecule has 0 bridgehead atoms. The van der Waals surface area contributed by atoms with Gasteiger partial charge in [0.15, 0.2) is 12.2 Å². The van der Waals surface area contributed by atoms with E-state index in [4.69, 9.17) is 13.9 Å². The summed E-state index contributed by atoms with van der Waals surface area (Å²) in [6, 6.07) is 18.8. The van der Waals surface area contributed by atoms with E-state index >= 15 is 0 Å². The fourth-order valence-electron chi connectivity index (χ4n) is 3.40. The smallest absolute Gasteiger partial charge is 0.262 e. The number of amides is 1. The van der Waals surface area contributed by atoms with E-state index < -0.39 is 0 Å². The quantitative estimate of drug-likeness (QED) is 0.283. The lowest BCUT2D eigenvalue weighted by Crippen LogP contribution is -2.20. The van der Waals surface area contributed by atoms with Gasteiger partial charge >= 0.3 is 0 Å². The van der Waals surface area contributed by atoms with Crippen molar-refractivity contribution in [2.75, 3.05) is 19.0 Å². The zero-order chi connectivity index (χ0) is 23.4. The molecule has 0 spiro atoms. The molecule has 1 atom stereocenters. The normalized spacial score (nSPS) is 11.9. The lowest BCUT2D eigenvalue weighted by Gasteiger charge is -2.11. The molecule has 7 heteroatoms. The van der Waals surface area contributed by atoms with Crippen LogP contribution in [-0.2, 0) is 4.79 Å². The van der Waals surface area contributed by atoms with Crippen LogP contribution >= 0.6 is 15.9 Å². The van der Waals surface area contributed by atoms with Gasteiger partial charge in [-0.15, -0.1) is 0 Å². The van der Waals surface area contributed by atoms with Crippen molar-refractivity contribution in [1.29, 1.82) is 0 Å². The van der Waals surface area contributed by atoms with Crippen molar-refractivity contribution in [2.45, 2.75) is 26.2 Å². The highest BCUT2D eigenvalue weighted by Crippen LogP contribution is 2.32. The number of anilines is 1. The Morgan fingerprint density at radius 3 is 2.61 bits per heavy atom. The molecule has 1 amide bonds. The molecule has 0 radical (unpaired) electrons. The van der Waals surface area contributed by atoms with Crippen LogP contribution in [0, 0.1) is 0 Å². The molecule has 6 nitrogen and oxygen atoms in total. The first kappa shape index (κ1) is 22.9. The SMILES string of the molecule is CC[C@@H](C)c1ccc(OCC(=O)Nc2ccc3oc(-c4ccc(OC)c(Br)c4)nc3c2)cc1. The largest absolute Gasteiger partial charge is 0.496 e. The highest BCUT2D eigenvalue weighted by molar-refractivity contribution is 9.10. The predicted octanol–water partition coefficient (Wildman–Crippen LogP) is 6.80. The summed E-state index contributed by atoms with van der Waals surface area (Å²) >= 11 is 3.48. The second-order valence-corrected chi connectivity index (χ2v) is 8.62. The van der Waals surface area contributed by atoms with Crippen LogP contribution < -0.4 is 14.8 Å². The van der Waals surface area contributed by atoms with E-state index in [2.05, 4.69) is 40.1 Å². The number of hydrogen-bond donors (Lipinski definition) is 1. The molecule has 0 unspecified atom stereocenters. The molecule has 0 saturated heterocycles. The summed E-state index contributed by atoms with van der Waals surface area (Å²) in [6.07, 6.45) is 1.08. The summed E-state index contributed by atoms with van der Waals surface area (Å²) in [5.74, 6) is 2.14. The van der Waals surface area contributed by atoms with Gasteiger partial charge in [0.2, 0.25) is 5.89 Å². The number of hydrogen-bond acceptors (Lipinski definition) is 5. The van der Waals surface area contributed by atoms with Crippen molar-refractivity contribution in [3.05, 3.63) is 70.7 Å². The Hall–Kier alpha value is -3.32. The maximum absolute atomic E-state index is 12.4. The Balaban J connectivity index is 1.40. The number of nitrogens with zero attached hydrogens (tertiary/aromatic N) is 1. The number of nitrogens with one attached hydrogen (secondary N) is 1. The molecule has 0 aliphatic heterocycles. The first-order valence-corrected chi connectivity index (χ1v) is 11.5. The summed E-state index contributed by atoms with van der Waals surface area (Å²) in [5, 5.41) is 2.85. The number of halogens is 1. The van der Waals surface area contributed by atoms with Crippen LogP contribution in [0.1, 0.15) is 31.7 Å². The molecule has 0 aliphatic carbocycles. The Labute approximate surface area is 201 Å². The number of ether oxygens (including phenoxy) is 2. The number of methoxy groups -OCH3 is 1. The lowest BCUT2D eigenvalue weighted by atomic mass is 9.99. The Morgan fingerprint density at radius 2 is 1.91 bits per heavy atom. The molecule has 3 aromatic carbocycles. The van der Waals surface area contributed by atoms with Crippen LogP contribution in [0.15, 0.2) is 69.6 Å². The minimum absolute atomic E-state index is 0.0787. The van der Waals surface area contributed by atoms with Gasteiger partial charge in [-0.25, -0.2) is 4.98 Å². The topological polar surface area (TPSA) is 73.6 Å². The van der Waals surface area contributed by atoms with Crippen LogP contribution in [0.2, 0.25) is 0 Å². The summed E-state index contributed by atoms with van der Waals surface area (Å²) in [6.45, 7) is 4.27. The van der Waals surface area contributed by atoms with E-state index in [9.17, 15) is 4.79 Å². The maximum Gasteiger partial charge on any atom is 0.262 e. The third kappa shape index (κ3) is 5.37. The molecule has 170 valence electrons. The van der Waals surface area contributed by atoms with Gasteiger partial charge < -0.3 is 19.2 Å². The molecule has 0 aliphatic rings. The number of carbonyl (C=O) groups is 1. The Morgan fingerprint density at radius 1 is 1.12 bits per heavy atom. The van der Waals surface area contributed by atoms with Gasteiger partial charge in [-0.2, -0.15) is 0 Å². The minimum atomic E-state index is -0.247. The highest BCUT2D eigenvalue weighted by atomic mass is 79.9. The number of rotatable bonds is 8. The van der Waals surface area contributed by atoms with E-state index in [1.807, 2.05) is 42.5 Å². The molecule has 4 rings (SSSR count). The third-order valence-electron chi connectivity index (χ3n) is 5.50. The number of benzene rings is 3. The first-order chi connectivity index (χ1) is 16.0. The van der Waals surface area contributed by atoms with E-state index in [-0.39, 0.29) is 12.5 Å². The van der Waals surface area contributed by atoms with E-state index in [1.165, 1.54) is 5.56 Å². The lowest BCUT2D eigenvalue weighted by molar-refractivity contribution is -0.118. The maximum atomic E-state index is 12.4. The standard InChI is InChI=1S/C26H25BrN2O4/c1-4-16(2)17-5-9-20(10-6-17)32-15-25(30)28-19-8-12-24-22(14-19)29-26(33-24)18-7-11-23(31-3)21(27)13-18/h5-14,16H,4,15H2,1-3H3,(H,28,30)/t16-/m1/s1. The summed E-state index contributed by atoms with van der Waals surface area (Å²) in [5.41, 5.74) is 3.98. The molecule has 1 heterocycles. The fraction of sp³-hybridized carbons (Fsp3) is 0.231. The number of fused-ring (bicyclic) bond motifs is 1. The van der Waals surface area contributed by atoms with Gasteiger partial charge in [0.1, 0.15) is 17.0 Å². The highest BCUT2D eigenvalue weighted by Gasteiger charge is 2.12. The fourth-order valence-corrected chi connectivity index (χ4v) is 3.94. The van der Waals surface area contributed by atoms with Crippen molar-refractivity contribution in [1.82, 2.24) is 4.98 Å². The van der Waals surface area contributed by atoms with Gasteiger partial charge in [-0.05, 0) is 82.4 Å². The summed E-state index contributed by atoms with van der Waals surface area (Å²) in [7, 11) is 1.61. The van der Waals surface area contributed by atoms with Crippen molar-refractivity contribution < 1.29 is 18.7 Å². The molecular weight excluding hydrogens is 484 g/mol. The Kier molecular flexibility index (Phi) is 6.99. The monoisotopic (exact) mass is 508 g/mol. The van der Waals surface area contributed by atoms with E-state index in [0.717, 1.165) is 22.2 Å². The first-order valence-electron chi connectivity index (χ1n) is 10.7. The molecule has 33 heavy (non-hydrogen) atoms. The van der Waals surface area contributed by atoms with Gasteiger partial charge in [-0.3, -0.25) is 4.79 Å². The average molecular weight is 509 g/mol. The third-order valence-corrected chi connectivity index (χ3v) is 6.12. The summed E-state index contributed by atoms with van der Waals surface area (Å²) < 4.78 is 17.6. The van der Waals surface area contributed by atoms with Crippen molar-refractivity contribution in [2.24, 2.45) is 0 Å². The minimum Gasteiger partial charge on any atom is -0.496 e. The second kappa shape index (κ2) is 10.1. The van der Waals surface area contributed by atoms with Gasteiger partial charge in [0.25, 0.3) is 5.91 Å². The van der Waals surface area contributed by atoms with Crippen LogP contribution in [0.25, 0.3) is 22.6 Å². The molecule has 1 aromatic heterocycles. The predicted molar refractivity (Wildman–Crippen MR) is 133 cm³/mol. The molecule has 0 saturated carbocycles. The number of aromatic nitrogens is 1. The van der Waals surface area contributed by atoms with Crippen molar-refractivity contribution in [3.63, 3.8) is 0 Å². The number of oxazole rings is 1. The molecule has 1 N–H and O–H groups in total. The molecular formula is C26H25BrN2O4. The van der Waals surface area contributed by atoms with E-state index in [0.29, 0.717) is 34.3 Å². The summed E-state index contributed by atoms with van der Waals surface area (Å²) in [4.78, 5) is 16.9. The van der Waals surface area contributed by atoms with Crippen LogP contribution in [0.3, 0.4) is 0 Å². The second-order valence-electron chi connectivity index (χ2n) is 7.77. The van der Waals surface area contributed by atoms with Crippen LogP contribution in [-0.4, -0.2) is 24.6 Å². The zero-order valence-corrected chi connectivity index (χ0v) is 20.3. The average Bonchev–Trinajstić information content (AvgIpc) is 3.26. The molecule has 0 fully saturated rings. The Bertz CT molecular complexity index is 1270. The van der Waals surface area contributed by atoms with Gasteiger partial charge in [0, 0.05) is 11.3 Å². The number of carbonyl (C=O) groups excluding carboxylic acids is 1. The van der Waals surface area contributed by atoms with Crippen molar-refractivity contribution in [3.8, 4) is 23.0 Å². The van der Waals surface area contributed by atoms with Crippen molar-refractivity contribution >= 4 is 38.6 Å². The molecule has 4 aromatic rings. The van der Waals surface area contributed by atoms with Crippen LogP contribution in [0.4, 0.5) is 5.69 Å².